The van der Waals surface area contributed by atoms with Crippen molar-refractivity contribution in [2.24, 2.45) is 0 Å². The third kappa shape index (κ3) is 3.38. The third-order valence-electron chi connectivity index (χ3n) is 2.67. The van der Waals surface area contributed by atoms with Gasteiger partial charge < -0.3 is 10.1 Å². The molecule has 0 saturated carbocycles. The molecule has 5 heteroatoms. The average Bonchev–Trinajstić information content (AvgIpc) is 2.88. The summed E-state index contributed by atoms with van der Waals surface area (Å²) >= 11 is 0. The third-order valence-corrected chi connectivity index (χ3v) is 2.67. The second-order valence-electron chi connectivity index (χ2n) is 4.14. The van der Waals surface area contributed by atoms with Gasteiger partial charge in [0.05, 0.1) is 23.7 Å². The lowest BCUT2D eigenvalue weighted by molar-refractivity contribution is 0.117. The Morgan fingerprint density at radius 2 is 2.11 bits per heavy atom. The summed E-state index contributed by atoms with van der Waals surface area (Å²) in [5.74, 6) is 0. The maximum atomic E-state index is 5.16. The first-order chi connectivity index (χ1) is 8.79. The Bertz CT molecular complexity index is 469. The van der Waals surface area contributed by atoms with Gasteiger partial charge in [-0.15, -0.1) is 0 Å². The number of hydrogen-bond donors (Lipinski definition) is 1. The highest BCUT2D eigenvalue weighted by Gasteiger charge is 2.03. The molecule has 2 rings (SSSR count). The first-order valence-electron chi connectivity index (χ1n) is 5.99. The van der Waals surface area contributed by atoms with Gasteiger partial charge in [0.2, 0.25) is 0 Å². The van der Waals surface area contributed by atoms with E-state index in [2.05, 4.69) is 15.5 Å². The van der Waals surface area contributed by atoms with Gasteiger partial charge in [-0.3, -0.25) is 0 Å². The number of rotatable bonds is 6. The molecule has 96 valence electrons. The lowest BCUT2D eigenvalue weighted by Crippen LogP contribution is -2.25. The molecule has 0 saturated heterocycles. The number of para-hydroxylation sites is 1. The van der Waals surface area contributed by atoms with Crippen molar-refractivity contribution in [3.63, 3.8) is 0 Å². The SMILES string of the molecule is COC(C)CNCc1cnn(-c2ccccc2)n1. The van der Waals surface area contributed by atoms with Crippen molar-refractivity contribution in [1.82, 2.24) is 20.3 Å². The number of methoxy groups -OCH3 is 1. The van der Waals surface area contributed by atoms with Crippen LogP contribution in [0.5, 0.6) is 0 Å². The highest BCUT2D eigenvalue weighted by molar-refractivity contribution is 5.28. The topological polar surface area (TPSA) is 52.0 Å². The largest absolute Gasteiger partial charge is 0.380 e. The number of ether oxygens (including phenoxy) is 1. The van der Waals surface area contributed by atoms with Gasteiger partial charge in [-0.05, 0) is 19.1 Å². The van der Waals surface area contributed by atoms with E-state index in [9.17, 15) is 0 Å². The first kappa shape index (κ1) is 12.7. The molecule has 1 heterocycles. The second-order valence-corrected chi connectivity index (χ2v) is 4.14. The molecule has 18 heavy (non-hydrogen) atoms. The van der Waals surface area contributed by atoms with Gasteiger partial charge >= 0.3 is 0 Å². The lowest BCUT2D eigenvalue weighted by Gasteiger charge is -2.09. The summed E-state index contributed by atoms with van der Waals surface area (Å²) in [4.78, 5) is 1.64. The van der Waals surface area contributed by atoms with Gasteiger partial charge in [0.15, 0.2) is 0 Å². The molecule has 0 spiro atoms. The van der Waals surface area contributed by atoms with E-state index < -0.39 is 0 Å². The van der Waals surface area contributed by atoms with Crippen molar-refractivity contribution in [2.45, 2.75) is 19.6 Å². The molecule has 0 aliphatic carbocycles. The molecule has 1 unspecified atom stereocenters. The standard InChI is InChI=1S/C13H18N4O/c1-11(18-2)8-14-9-12-10-15-17(16-12)13-6-4-3-5-7-13/h3-7,10-11,14H,8-9H2,1-2H3. The predicted octanol–water partition coefficient (Wildman–Crippen LogP) is 1.39. The molecule has 0 radical (unpaired) electrons. The highest BCUT2D eigenvalue weighted by Crippen LogP contribution is 2.03. The van der Waals surface area contributed by atoms with E-state index in [4.69, 9.17) is 4.74 Å². The van der Waals surface area contributed by atoms with Crippen LogP contribution in [0.1, 0.15) is 12.6 Å². The van der Waals surface area contributed by atoms with Crippen LogP contribution in [0.25, 0.3) is 5.69 Å². The Labute approximate surface area is 107 Å². The summed E-state index contributed by atoms with van der Waals surface area (Å²) in [6, 6.07) is 9.86. The van der Waals surface area contributed by atoms with Gasteiger partial charge in [-0.1, -0.05) is 18.2 Å². The highest BCUT2D eigenvalue weighted by atomic mass is 16.5. The number of benzene rings is 1. The molecule has 0 amide bonds. The molecule has 0 fully saturated rings. The maximum Gasteiger partial charge on any atom is 0.0969 e. The molecule has 5 nitrogen and oxygen atoms in total. The Kier molecular flexibility index (Phi) is 4.44. The zero-order valence-electron chi connectivity index (χ0n) is 10.7. The zero-order chi connectivity index (χ0) is 12.8. The smallest absolute Gasteiger partial charge is 0.0969 e. The van der Waals surface area contributed by atoms with Gasteiger partial charge in [-0.25, -0.2) is 0 Å². The van der Waals surface area contributed by atoms with Crippen LogP contribution in [0.2, 0.25) is 0 Å². The maximum absolute atomic E-state index is 5.16. The van der Waals surface area contributed by atoms with Gasteiger partial charge in [0.1, 0.15) is 0 Å². The van der Waals surface area contributed by atoms with Gasteiger partial charge in [0.25, 0.3) is 0 Å². The van der Waals surface area contributed by atoms with Crippen LogP contribution in [-0.4, -0.2) is 34.8 Å². The molecule has 1 aromatic heterocycles. The Morgan fingerprint density at radius 3 is 2.83 bits per heavy atom. The molecule has 1 N–H and O–H groups in total. The van der Waals surface area contributed by atoms with E-state index in [1.54, 1.807) is 18.1 Å². The van der Waals surface area contributed by atoms with E-state index in [0.717, 1.165) is 17.9 Å². The summed E-state index contributed by atoms with van der Waals surface area (Å²) in [5.41, 5.74) is 1.89. The fraction of sp³-hybridized carbons (Fsp3) is 0.385. The Hall–Kier alpha value is -1.72. The molecular formula is C13H18N4O. The molecule has 1 atom stereocenters. The van der Waals surface area contributed by atoms with Crippen molar-refractivity contribution in [2.75, 3.05) is 13.7 Å². The summed E-state index contributed by atoms with van der Waals surface area (Å²) in [6.45, 7) is 3.52. The van der Waals surface area contributed by atoms with E-state index in [0.29, 0.717) is 6.54 Å². The van der Waals surface area contributed by atoms with E-state index in [1.165, 1.54) is 0 Å². The molecule has 0 aliphatic heterocycles. The van der Waals surface area contributed by atoms with Crippen LogP contribution in [0.15, 0.2) is 36.5 Å². The number of nitrogens with zero attached hydrogens (tertiary/aromatic N) is 3. The van der Waals surface area contributed by atoms with Gasteiger partial charge in [-0.2, -0.15) is 15.0 Å². The first-order valence-corrected chi connectivity index (χ1v) is 5.99. The minimum atomic E-state index is 0.203. The zero-order valence-corrected chi connectivity index (χ0v) is 10.7. The second kappa shape index (κ2) is 6.28. The van der Waals surface area contributed by atoms with Crippen LogP contribution >= 0.6 is 0 Å². The molecule has 0 aliphatic rings. The van der Waals surface area contributed by atoms with E-state index in [1.807, 2.05) is 37.3 Å². The molecule has 1 aromatic carbocycles. The van der Waals surface area contributed by atoms with Crippen LogP contribution in [0.3, 0.4) is 0 Å². The molecular weight excluding hydrogens is 228 g/mol. The quantitative estimate of drug-likeness (QED) is 0.837. The lowest BCUT2D eigenvalue weighted by atomic mass is 10.3. The summed E-state index contributed by atoms with van der Waals surface area (Å²) < 4.78 is 5.16. The Morgan fingerprint density at radius 1 is 1.33 bits per heavy atom. The van der Waals surface area contributed by atoms with Crippen LogP contribution in [-0.2, 0) is 11.3 Å². The fourth-order valence-electron chi connectivity index (χ4n) is 1.55. The van der Waals surface area contributed by atoms with Crippen molar-refractivity contribution in [3.8, 4) is 5.69 Å². The van der Waals surface area contributed by atoms with Crippen LogP contribution < -0.4 is 5.32 Å². The summed E-state index contributed by atoms with van der Waals surface area (Å²) in [5, 5.41) is 11.9. The van der Waals surface area contributed by atoms with Crippen LogP contribution in [0.4, 0.5) is 0 Å². The normalized spacial score (nSPS) is 12.6. The molecule has 0 bridgehead atoms. The summed E-state index contributed by atoms with van der Waals surface area (Å²) in [7, 11) is 1.71. The monoisotopic (exact) mass is 246 g/mol. The van der Waals surface area contributed by atoms with Crippen molar-refractivity contribution in [1.29, 1.82) is 0 Å². The predicted molar refractivity (Wildman–Crippen MR) is 69.5 cm³/mol. The molecule has 2 aromatic rings. The number of hydrogen-bond acceptors (Lipinski definition) is 4. The Balaban J connectivity index is 1.91. The van der Waals surface area contributed by atoms with Crippen molar-refractivity contribution >= 4 is 0 Å². The minimum Gasteiger partial charge on any atom is -0.380 e. The summed E-state index contributed by atoms with van der Waals surface area (Å²) in [6.07, 6.45) is 1.98. The number of nitrogens with one attached hydrogen (secondary N) is 1. The van der Waals surface area contributed by atoms with Crippen molar-refractivity contribution < 1.29 is 4.74 Å². The number of aromatic nitrogens is 3. The van der Waals surface area contributed by atoms with E-state index in [-0.39, 0.29) is 6.10 Å². The van der Waals surface area contributed by atoms with Crippen LogP contribution in [0, 0.1) is 0 Å². The van der Waals surface area contributed by atoms with Gasteiger partial charge in [0, 0.05) is 20.2 Å². The van der Waals surface area contributed by atoms with Crippen molar-refractivity contribution in [3.05, 3.63) is 42.2 Å². The fourth-order valence-corrected chi connectivity index (χ4v) is 1.55. The minimum absolute atomic E-state index is 0.203. The van der Waals surface area contributed by atoms with E-state index >= 15 is 0 Å². The average molecular weight is 246 g/mol.